The quantitative estimate of drug-likeness (QED) is 0.862. The summed E-state index contributed by atoms with van der Waals surface area (Å²) in [5, 5.41) is 0. The van der Waals surface area contributed by atoms with Gasteiger partial charge in [-0.25, -0.2) is 4.39 Å². The number of benzene rings is 2. The highest BCUT2D eigenvalue weighted by molar-refractivity contribution is 7.83. The molecule has 0 bridgehead atoms. The lowest BCUT2D eigenvalue weighted by Gasteiger charge is -2.06. The van der Waals surface area contributed by atoms with Gasteiger partial charge >= 0.3 is 0 Å². The van der Waals surface area contributed by atoms with Crippen molar-refractivity contribution < 1.29 is 8.60 Å². The SMILES string of the molecule is Nc1cc(F)ccc1CS(=O)Cc1ccccc1. The number of rotatable bonds is 4. The van der Waals surface area contributed by atoms with Crippen LogP contribution in [0.4, 0.5) is 10.1 Å². The van der Waals surface area contributed by atoms with Crippen LogP contribution in [0, 0.1) is 5.82 Å². The molecule has 2 aromatic carbocycles. The fourth-order valence-corrected chi connectivity index (χ4v) is 2.96. The Labute approximate surface area is 108 Å². The number of anilines is 1. The summed E-state index contributed by atoms with van der Waals surface area (Å²) >= 11 is 0. The lowest BCUT2D eigenvalue weighted by molar-refractivity contribution is 0.628. The van der Waals surface area contributed by atoms with Crippen molar-refractivity contribution in [3.05, 3.63) is 65.5 Å². The lowest BCUT2D eigenvalue weighted by Crippen LogP contribution is -2.02. The summed E-state index contributed by atoms with van der Waals surface area (Å²) in [5.41, 5.74) is 7.80. The Kier molecular flexibility index (Phi) is 4.10. The fourth-order valence-electron chi connectivity index (χ4n) is 1.68. The highest BCUT2D eigenvalue weighted by Crippen LogP contribution is 2.16. The molecule has 0 saturated carbocycles. The van der Waals surface area contributed by atoms with Gasteiger partial charge in [-0.3, -0.25) is 4.21 Å². The highest BCUT2D eigenvalue weighted by atomic mass is 32.2. The van der Waals surface area contributed by atoms with Crippen LogP contribution in [0.25, 0.3) is 0 Å². The van der Waals surface area contributed by atoms with Gasteiger partial charge in [-0.2, -0.15) is 0 Å². The van der Waals surface area contributed by atoms with Crippen LogP contribution in [0.15, 0.2) is 48.5 Å². The first-order valence-corrected chi connectivity index (χ1v) is 7.07. The van der Waals surface area contributed by atoms with Crippen molar-refractivity contribution in [1.82, 2.24) is 0 Å². The summed E-state index contributed by atoms with van der Waals surface area (Å²) < 4.78 is 24.9. The van der Waals surface area contributed by atoms with E-state index in [2.05, 4.69) is 0 Å². The number of nitrogens with two attached hydrogens (primary N) is 1. The van der Waals surface area contributed by atoms with E-state index < -0.39 is 10.8 Å². The van der Waals surface area contributed by atoms with Crippen LogP contribution in [0.5, 0.6) is 0 Å². The Morgan fingerprint density at radius 3 is 2.44 bits per heavy atom. The summed E-state index contributed by atoms with van der Waals surface area (Å²) in [6, 6.07) is 13.8. The molecule has 4 heteroatoms. The van der Waals surface area contributed by atoms with Crippen LogP contribution in [-0.4, -0.2) is 4.21 Å². The summed E-state index contributed by atoms with van der Waals surface area (Å²) in [4.78, 5) is 0. The Morgan fingerprint density at radius 2 is 1.78 bits per heavy atom. The Hall–Kier alpha value is -1.68. The van der Waals surface area contributed by atoms with Crippen molar-refractivity contribution in [2.24, 2.45) is 0 Å². The highest BCUT2D eigenvalue weighted by Gasteiger charge is 2.07. The van der Waals surface area contributed by atoms with E-state index in [0.717, 1.165) is 11.1 Å². The van der Waals surface area contributed by atoms with Crippen molar-refractivity contribution >= 4 is 16.5 Å². The number of hydrogen-bond donors (Lipinski definition) is 1. The van der Waals surface area contributed by atoms with Gasteiger partial charge in [-0.15, -0.1) is 0 Å². The smallest absolute Gasteiger partial charge is 0.125 e. The monoisotopic (exact) mass is 263 g/mol. The Bertz CT molecular complexity index is 557. The molecule has 0 aromatic heterocycles. The van der Waals surface area contributed by atoms with Gasteiger partial charge in [0.15, 0.2) is 0 Å². The molecule has 0 fully saturated rings. The van der Waals surface area contributed by atoms with Crippen LogP contribution < -0.4 is 5.73 Å². The molecular weight excluding hydrogens is 249 g/mol. The van der Waals surface area contributed by atoms with Gasteiger partial charge in [0.25, 0.3) is 0 Å². The molecule has 0 spiro atoms. The third-order valence-electron chi connectivity index (χ3n) is 2.59. The van der Waals surface area contributed by atoms with Gasteiger partial charge in [-0.05, 0) is 23.3 Å². The van der Waals surface area contributed by atoms with Crippen molar-refractivity contribution in [1.29, 1.82) is 0 Å². The number of hydrogen-bond acceptors (Lipinski definition) is 2. The zero-order chi connectivity index (χ0) is 13.0. The molecule has 0 aliphatic rings. The van der Waals surface area contributed by atoms with Gasteiger partial charge in [0.05, 0.1) is 5.75 Å². The maximum Gasteiger partial charge on any atom is 0.125 e. The molecule has 18 heavy (non-hydrogen) atoms. The lowest BCUT2D eigenvalue weighted by atomic mass is 10.2. The van der Waals surface area contributed by atoms with E-state index in [1.54, 1.807) is 6.07 Å². The minimum absolute atomic E-state index is 0.348. The van der Waals surface area contributed by atoms with Crippen LogP contribution in [0.2, 0.25) is 0 Å². The molecule has 2 N–H and O–H groups in total. The molecule has 94 valence electrons. The Morgan fingerprint density at radius 1 is 1.06 bits per heavy atom. The van der Waals surface area contributed by atoms with E-state index in [1.165, 1.54) is 12.1 Å². The van der Waals surface area contributed by atoms with Crippen LogP contribution in [-0.2, 0) is 22.3 Å². The van der Waals surface area contributed by atoms with Crippen molar-refractivity contribution in [2.45, 2.75) is 11.5 Å². The molecule has 0 heterocycles. The standard InChI is InChI=1S/C14H14FNOS/c15-13-7-6-12(14(16)8-13)10-18(17)9-11-4-2-1-3-5-11/h1-8H,9-10,16H2. The average Bonchev–Trinajstić information content (AvgIpc) is 2.34. The maximum atomic E-state index is 12.9. The largest absolute Gasteiger partial charge is 0.398 e. The minimum atomic E-state index is -1.04. The van der Waals surface area contributed by atoms with Gasteiger partial charge in [0.2, 0.25) is 0 Å². The predicted octanol–water partition coefficient (Wildman–Crippen LogP) is 2.86. The molecule has 0 aliphatic carbocycles. The second kappa shape index (κ2) is 5.78. The summed E-state index contributed by atoms with van der Waals surface area (Å²) in [6.07, 6.45) is 0. The first kappa shape index (κ1) is 12.8. The topological polar surface area (TPSA) is 43.1 Å². The molecule has 0 amide bonds. The second-order valence-corrected chi connectivity index (χ2v) is 5.51. The van der Waals surface area contributed by atoms with Crippen molar-refractivity contribution in [2.75, 3.05) is 5.73 Å². The third-order valence-corrected chi connectivity index (χ3v) is 3.88. The molecule has 2 rings (SSSR count). The van der Waals surface area contributed by atoms with E-state index >= 15 is 0 Å². The van der Waals surface area contributed by atoms with E-state index in [4.69, 9.17) is 5.73 Å². The van der Waals surface area contributed by atoms with Crippen LogP contribution in [0.1, 0.15) is 11.1 Å². The molecule has 1 unspecified atom stereocenters. The molecule has 0 radical (unpaired) electrons. The first-order chi connectivity index (χ1) is 8.65. The van der Waals surface area contributed by atoms with E-state index in [9.17, 15) is 8.60 Å². The molecule has 0 saturated heterocycles. The normalized spacial score (nSPS) is 12.3. The molecular formula is C14H14FNOS. The summed E-state index contributed by atoms with van der Waals surface area (Å²) in [7, 11) is -1.04. The summed E-state index contributed by atoms with van der Waals surface area (Å²) in [5.74, 6) is 0.462. The van der Waals surface area contributed by atoms with E-state index in [-0.39, 0.29) is 5.82 Å². The van der Waals surface area contributed by atoms with Gasteiger partial charge < -0.3 is 5.73 Å². The zero-order valence-corrected chi connectivity index (χ0v) is 10.6. The second-order valence-electron chi connectivity index (χ2n) is 4.06. The number of nitrogen functional groups attached to an aromatic ring is 1. The predicted molar refractivity (Wildman–Crippen MR) is 72.8 cm³/mol. The Balaban J connectivity index is 2.03. The van der Waals surface area contributed by atoms with E-state index in [0.29, 0.717) is 17.2 Å². The zero-order valence-electron chi connectivity index (χ0n) is 9.80. The van der Waals surface area contributed by atoms with Crippen molar-refractivity contribution in [3.63, 3.8) is 0 Å². The first-order valence-electron chi connectivity index (χ1n) is 5.58. The third kappa shape index (κ3) is 3.40. The average molecular weight is 263 g/mol. The summed E-state index contributed by atoms with van der Waals surface area (Å²) in [6.45, 7) is 0. The van der Waals surface area contributed by atoms with E-state index in [1.807, 2.05) is 30.3 Å². The van der Waals surface area contributed by atoms with Crippen molar-refractivity contribution in [3.8, 4) is 0 Å². The fraction of sp³-hybridized carbons (Fsp3) is 0.143. The molecule has 1 atom stereocenters. The van der Waals surface area contributed by atoms with Crippen LogP contribution >= 0.6 is 0 Å². The van der Waals surface area contributed by atoms with Gasteiger partial charge in [0.1, 0.15) is 5.82 Å². The molecule has 2 aromatic rings. The molecule has 2 nitrogen and oxygen atoms in total. The van der Waals surface area contributed by atoms with Gasteiger partial charge in [-0.1, -0.05) is 36.4 Å². The number of halogens is 1. The minimum Gasteiger partial charge on any atom is -0.398 e. The van der Waals surface area contributed by atoms with Gasteiger partial charge in [0, 0.05) is 22.2 Å². The maximum absolute atomic E-state index is 12.9. The molecule has 0 aliphatic heterocycles. The van der Waals surface area contributed by atoms with Crippen LogP contribution in [0.3, 0.4) is 0 Å².